The molecule has 0 spiro atoms. The van der Waals surface area contributed by atoms with Gasteiger partial charge in [-0.25, -0.2) is 0 Å². The molecule has 1 amide bonds. The number of ether oxygens (including phenoxy) is 3. The molecule has 10 heteroatoms. The number of carbonyl (C=O) groups is 1. The van der Waals surface area contributed by atoms with E-state index in [2.05, 4.69) is 23.6 Å². The number of unbranched alkanes of at least 4 members (excludes halogenated alkanes) is 2. The van der Waals surface area contributed by atoms with E-state index in [1.54, 1.807) is 6.08 Å². The van der Waals surface area contributed by atoms with E-state index in [1.807, 2.05) is 44.9 Å². The summed E-state index contributed by atoms with van der Waals surface area (Å²) in [5.74, 6) is 0.512. The zero-order valence-corrected chi connectivity index (χ0v) is 30.6. The van der Waals surface area contributed by atoms with Crippen molar-refractivity contribution < 1.29 is 34.1 Å². The van der Waals surface area contributed by atoms with Crippen LogP contribution in [0.2, 0.25) is 0 Å². The van der Waals surface area contributed by atoms with E-state index in [9.17, 15) is 15.0 Å². The quantitative estimate of drug-likeness (QED) is 0.0875. The molecule has 10 nitrogen and oxygen atoms in total. The fourth-order valence-corrected chi connectivity index (χ4v) is 8.37. The van der Waals surface area contributed by atoms with Gasteiger partial charge in [-0.3, -0.25) is 9.69 Å². The molecular weight excluding hydrogens is 634 g/mol. The molecule has 2 N–H and O–H groups in total. The van der Waals surface area contributed by atoms with Crippen LogP contribution in [-0.2, 0) is 14.4 Å². The molecule has 3 fully saturated rings. The third kappa shape index (κ3) is 8.09. The van der Waals surface area contributed by atoms with E-state index in [-0.39, 0.29) is 55.3 Å². The Morgan fingerprint density at radius 2 is 1.88 bits per heavy atom. The number of benzene rings is 1. The average Bonchev–Trinajstić information content (AvgIpc) is 4.03. The molecule has 3 aliphatic carbocycles. The van der Waals surface area contributed by atoms with E-state index in [0.717, 1.165) is 99.3 Å². The van der Waals surface area contributed by atoms with Gasteiger partial charge in [0.25, 0.3) is 0 Å². The van der Waals surface area contributed by atoms with Gasteiger partial charge in [0.1, 0.15) is 29.7 Å². The van der Waals surface area contributed by atoms with Crippen molar-refractivity contribution in [2.24, 2.45) is 28.8 Å². The second-order valence-electron chi connectivity index (χ2n) is 15.9. The Bertz CT molecular complexity index is 1410. The lowest BCUT2D eigenvalue weighted by molar-refractivity contribution is -0.256. The maximum absolute atomic E-state index is 13.9. The molecule has 0 radical (unpaired) electrons. The van der Waals surface area contributed by atoms with Gasteiger partial charge in [-0.1, -0.05) is 30.1 Å². The predicted molar refractivity (Wildman–Crippen MR) is 193 cm³/mol. The molecule has 1 aromatic rings. The number of nitrogens with zero attached hydrogens (tertiary/aromatic N) is 3. The Morgan fingerprint density at radius 1 is 1.14 bits per heavy atom. The van der Waals surface area contributed by atoms with Crippen LogP contribution in [0.4, 0.5) is 0 Å². The number of aliphatic hydroxyl groups is 2. The number of amides is 1. The minimum atomic E-state index is -1.20. The second-order valence-corrected chi connectivity index (χ2v) is 15.9. The first kappa shape index (κ1) is 36.9. The molecule has 0 aromatic heterocycles. The van der Waals surface area contributed by atoms with Crippen molar-refractivity contribution in [3.05, 3.63) is 48.1 Å². The van der Waals surface area contributed by atoms with Gasteiger partial charge in [0.15, 0.2) is 0 Å². The minimum absolute atomic E-state index is 0.0199. The number of hydrogen-bond donors (Lipinski definition) is 2. The maximum atomic E-state index is 13.9. The third-order valence-corrected chi connectivity index (χ3v) is 11.0. The largest absolute Gasteiger partial charge is 0.492 e. The highest BCUT2D eigenvalue weighted by Gasteiger charge is 2.65. The summed E-state index contributed by atoms with van der Waals surface area (Å²) in [5.41, 5.74) is 2.45. The van der Waals surface area contributed by atoms with Crippen LogP contribution in [0.15, 0.2) is 47.7 Å². The Labute approximate surface area is 298 Å². The topological polar surface area (TPSA) is 113 Å². The highest BCUT2D eigenvalue weighted by atomic mass is 16.7. The van der Waals surface area contributed by atoms with Crippen molar-refractivity contribution in [1.82, 2.24) is 9.80 Å². The lowest BCUT2D eigenvalue weighted by Gasteiger charge is -2.59. The number of fused-ring (bicyclic) bond motifs is 2. The zero-order chi connectivity index (χ0) is 35.5. The standard InChI is InChI=1S/C40H59N3O7/c1-6-22-48-40-35(42(5)38(46)27-13-14-27)26-33(41-50-39(2,3)4)31-24-28(11-7-9-20-44)30(12-8-10-21-45)36(37(31)40)32-25-29(15-16-34(32)49-40)47-23-19-43-17-18-43/h6,15-16,24-25,27-28,30,35-37,44-45H,1,7-14,17-23,26H2,2-5H3/t28-,30+,35-,36+,37+,40+/m0/s1. The number of likely N-dealkylation sites (N-methyl/N-ethyl adjacent to an activating group) is 1. The number of allylic oxidation sites excluding steroid dienone is 1. The van der Waals surface area contributed by atoms with Crippen LogP contribution in [0.5, 0.6) is 11.5 Å². The van der Waals surface area contributed by atoms with Crippen LogP contribution < -0.4 is 9.47 Å². The molecule has 50 heavy (non-hydrogen) atoms. The van der Waals surface area contributed by atoms with E-state index in [0.29, 0.717) is 13.0 Å². The van der Waals surface area contributed by atoms with Gasteiger partial charge in [-0.15, -0.1) is 6.58 Å². The van der Waals surface area contributed by atoms with Crippen molar-refractivity contribution >= 4 is 11.6 Å². The first-order valence-corrected chi connectivity index (χ1v) is 19.0. The molecule has 276 valence electrons. The van der Waals surface area contributed by atoms with Gasteiger partial charge in [0, 0.05) is 63.7 Å². The SMILES string of the molecule is C=CCO[C@@]12Oc3ccc(OCCN4CC4)cc3[C@H]3[C@H](CCCCO)[C@@H](CCCCO)C=C(C(=NOC(C)(C)C)C[C@@H]1N(C)C(=O)C1CC1)[C@H]32. The molecule has 0 unspecified atom stereocenters. The fourth-order valence-electron chi connectivity index (χ4n) is 8.37. The van der Waals surface area contributed by atoms with Crippen molar-refractivity contribution in [3.8, 4) is 11.5 Å². The van der Waals surface area contributed by atoms with E-state index in [1.165, 1.54) is 0 Å². The lowest BCUT2D eigenvalue weighted by Crippen LogP contribution is -2.69. The Morgan fingerprint density at radius 3 is 2.54 bits per heavy atom. The van der Waals surface area contributed by atoms with Crippen LogP contribution in [0.25, 0.3) is 0 Å². The molecule has 1 aromatic carbocycles. The lowest BCUT2D eigenvalue weighted by atomic mass is 9.55. The molecule has 5 aliphatic rings. The summed E-state index contributed by atoms with van der Waals surface area (Å²) in [4.78, 5) is 24.3. The van der Waals surface area contributed by atoms with Crippen LogP contribution in [0.1, 0.15) is 90.0 Å². The highest BCUT2D eigenvalue weighted by Crippen LogP contribution is 2.62. The van der Waals surface area contributed by atoms with Gasteiger partial charge in [-0.2, -0.15) is 0 Å². The number of hydrogen-bond acceptors (Lipinski definition) is 9. The molecule has 2 aliphatic heterocycles. The summed E-state index contributed by atoms with van der Waals surface area (Å²) in [7, 11) is 1.89. The van der Waals surface area contributed by atoms with Crippen molar-refractivity contribution in [2.45, 2.75) is 102 Å². The monoisotopic (exact) mass is 693 g/mol. The number of oxime groups is 1. The maximum Gasteiger partial charge on any atom is 0.239 e. The molecule has 6 atom stereocenters. The second kappa shape index (κ2) is 15.8. The van der Waals surface area contributed by atoms with E-state index in [4.69, 9.17) is 24.2 Å². The highest BCUT2D eigenvalue weighted by molar-refractivity contribution is 6.03. The molecule has 1 saturated heterocycles. The molecule has 2 saturated carbocycles. The molecule has 2 heterocycles. The van der Waals surface area contributed by atoms with Crippen LogP contribution >= 0.6 is 0 Å². The fraction of sp³-hybridized carbons (Fsp3) is 0.700. The Hall–Kier alpha value is -2.92. The zero-order valence-electron chi connectivity index (χ0n) is 30.6. The van der Waals surface area contributed by atoms with Gasteiger partial charge in [-0.05, 0) is 94.9 Å². The Kier molecular flexibility index (Phi) is 11.6. The number of carbonyl (C=O) groups excluding carboxylic acids is 1. The molecular formula is C40H59N3O7. The summed E-state index contributed by atoms with van der Waals surface area (Å²) < 4.78 is 20.5. The van der Waals surface area contributed by atoms with Crippen molar-refractivity contribution in [2.75, 3.05) is 53.1 Å². The smallest absolute Gasteiger partial charge is 0.239 e. The van der Waals surface area contributed by atoms with Gasteiger partial charge in [0.05, 0.1) is 18.2 Å². The first-order chi connectivity index (χ1) is 24.1. The van der Waals surface area contributed by atoms with Crippen molar-refractivity contribution in [1.29, 1.82) is 0 Å². The Balaban J connectivity index is 1.53. The minimum Gasteiger partial charge on any atom is -0.492 e. The molecule has 6 rings (SSSR count). The van der Waals surface area contributed by atoms with Crippen LogP contribution in [0.3, 0.4) is 0 Å². The average molecular weight is 694 g/mol. The number of aliphatic hydroxyl groups excluding tert-OH is 2. The van der Waals surface area contributed by atoms with Crippen LogP contribution in [0, 0.1) is 23.7 Å². The van der Waals surface area contributed by atoms with Crippen LogP contribution in [-0.4, -0.2) is 102 Å². The van der Waals surface area contributed by atoms with Gasteiger partial charge < -0.3 is 34.2 Å². The summed E-state index contributed by atoms with van der Waals surface area (Å²) in [5, 5.41) is 24.5. The third-order valence-electron chi connectivity index (χ3n) is 11.0. The summed E-state index contributed by atoms with van der Waals surface area (Å²) >= 11 is 0. The molecule has 0 bridgehead atoms. The summed E-state index contributed by atoms with van der Waals surface area (Å²) in [6.45, 7) is 14.3. The van der Waals surface area contributed by atoms with Gasteiger partial charge >= 0.3 is 0 Å². The normalized spacial score (nSPS) is 29.4. The summed E-state index contributed by atoms with van der Waals surface area (Å²) in [6.07, 6.45) is 11.4. The van der Waals surface area contributed by atoms with Gasteiger partial charge in [0.2, 0.25) is 11.7 Å². The summed E-state index contributed by atoms with van der Waals surface area (Å²) in [6, 6.07) is 5.70. The van der Waals surface area contributed by atoms with Crippen molar-refractivity contribution in [3.63, 3.8) is 0 Å². The number of rotatable bonds is 18. The predicted octanol–water partition coefficient (Wildman–Crippen LogP) is 5.68. The van der Waals surface area contributed by atoms with E-state index >= 15 is 0 Å². The van der Waals surface area contributed by atoms with E-state index < -0.39 is 17.4 Å². The first-order valence-electron chi connectivity index (χ1n) is 19.0.